The quantitative estimate of drug-likeness (QED) is 0.722. The largest absolute Gasteiger partial charge is 0.358 e. The van der Waals surface area contributed by atoms with E-state index >= 15 is 0 Å². The van der Waals surface area contributed by atoms with E-state index in [1.807, 2.05) is 0 Å². The highest BCUT2D eigenvalue weighted by molar-refractivity contribution is 5.77. The summed E-state index contributed by atoms with van der Waals surface area (Å²) >= 11 is 0. The van der Waals surface area contributed by atoms with Crippen LogP contribution in [-0.4, -0.2) is 25.0 Å². The van der Waals surface area contributed by atoms with Gasteiger partial charge in [-0.2, -0.15) is 0 Å². The maximum Gasteiger partial charge on any atom is 0.233 e. The Balaban J connectivity index is 4.01. The van der Waals surface area contributed by atoms with Gasteiger partial charge in [0.15, 0.2) is 0 Å². The van der Waals surface area contributed by atoms with Crippen molar-refractivity contribution < 1.29 is 4.79 Å². The third kappa shape index (κ3) is 6.89. The molecule has 0 bridgehead atoms. The molecule has 0 atom stereocenters. The topological polar surface area (TPSA) is 41.1 Å². The lowest BCUT2D eigenvalue weighted by Gasteiger charge is -2.33. The Bertz CT molecular complexity index is 192. The van der Waals surface area contributed by atoms with E-state index in [4.69, 9.17) is 0 Å². The van der Waals surface area contributed by atoms with Crippen molar-refractivity contribution >= 4 is 5.91 Å². The van der Waals surface area contributed by atoms with E-state index in [0.29, 0.717) is 6.54 Å². The van der Waals surface area contributed by atoms with Crippen LogP contribution in [0.4, 0.5) is 0 Å². The Hall–Kier alpha value is -0.570. The average Bonchev–Trinajstić information content (AvgIpc) is 1.96. The number of carbonyl (C=O) groups is 1. The minimum absolute atomic E-state index is 0.00472. The molecule has 3 nitrogen and oxygen atoms in total. The zero-order valence-electron chi connectivity index (χ0n) is 10.3. The fraction of sp³-hybridized carbons (Fsp3) is 0.909. The van der Waals surface area contributed by atoms with Crippen LogP contribution >= 0.6 is 0 Å². The van der Waals surface area contributed by atoms with Crippen molar-refractivity contribution in [3.63, 3.8) is 0 Å². The van der Waals surface area contributed by atoms with Crippen LogP contribution in [0.25, 0.3) is 0 Å². The first-order valence-corrected chi connectivity index (χ1v) is 5.12. The van der Waals surface area contributed by atoms with Crippen LogP contribution in [-0.2, 0) is 4.79 Å². The Labute approximate surface area is 87.6 Å². The molecule has 0 aliphatic rings. The molecule has 0 rings (SSSR count). The monoisotopic (exact) mass is 200 g/mol. The van der Waals surface area contributed by atoms with E-state index in [0.717, 1.165) is 6.42 Å². The van der Waals surface area contributed by atoms with Crippen molar-refractivity contribution in [2.45, 2.75) is 46.6 Å². The molecule has 0 heterocycles. The van der Waals surface area contributed by atoms with Gasteiger partial charge in [-0.3, -0.25) is 4.79 Å². The summed E-state index contributed by atoms with van der Waals surface area (Å²) < 4.78 is 0. The second kappa shape index (κ2) is 4.78. The Morgan fingerprint density at radius 1 is 1.14 bits per heavy atom. The molecule has 0 unspecified atom stereocenters. The van der Waals surface area contributed by atoms with E-state index in [9.17, 15) is 4.79 Å². The van der Waals surface area contributed by atoms with Gasteiger partial charge in [-0.1, -0.05) is 20.8 Å². The van der Waals surface area contributed by atoms with E-state index in [2.05, 4.69) is 45.3 Å². The summed E-state index contributed by atoms with van der Waals surface area (Å²) in [6.07, 6.45) is 1.04. The lowest BCUT2D eigenvalue weighted by atomic mass is 9.82. The molecule has 1 amide bonds. The molecule has 0 aliphatic heterocycles. The van der Waals surface area contributed by atoms with Gasteiger partial charge in [-0.25, -0.2) is 0 Å². The van der Waals surface area contributed by atoms with E-state index in [1.165, 1.54) is 0 Å². The molecule has 0 aliphatic carbocycles. The van der Waals surface area contributed by atoms with Crippen LogP contribution < -0.4 is 10.6 Å². The zero-order chi connectivity index (χ0) is 11.4. The fourth-order valence-corrected chi connectivity index (χ4v) is 1.80. The van der Waals surface area contributed by atoms with E-state index in [-0.39, 0.29) is 16.9 Å². The number of nitrogens with one attached hydrogen (secondary N) is 2. The predicted molar refractivity (Wildman–Crippen MR) is 60.2 cm³/mol. The number of rotatable bonds is 4. The molecule has 0 radical (unpaired) electrons. The second-order valence-electron chi connectivity index (χ2n) is 5.65. The lowest BCUT2D eigenvalue weighted by molar-refractivity contribution is -0.120. The van der Waals surface area contributed by atoms with Crippen LogP contribution in [0.1, 0.15) is 41.0 Å². The molecular formula is C11H24N2O. The Kier molecular flexibility index (Phi) is 4.59. The van der Waals surface area contributed by atoms with Gasteiger partial charge < -0.3 is 10.6 Å². The fourth-order valence-electron chi connectivity index (χ4n) is 1.80. The molecule has 3 heteroatoms. The van der Waals surface area contributed by atoms with Crippen molar-refractivity contribution in [2.24, 2.45) is 5.41 Å². The second-order valence-corrected chi connectivity index (χ2v) is 5.65. The molecule has 0 saturated carbocycles. The minimum atomic E-state index is 0.00472. The number of carbonyl (C=O) groups excluding carboxylic acids is 1. The highest BCUT2D eigenvalue weighted by Gasteiger charge is 2.25. The molecule has 0 spiro atoms. The van der Waals surface area contributed by atoms with Gasteiger partial charge in [0.1, 0.15) is 0 Å². The minimum Gasteiger partial charge on any atom is -0.358 e. The molecule has 0 saturated heterocycles. The molecular weight excluding hydrogens is 176 g/mol. The van der Waals surface area contributed by atoms with Crippen LogP contribution in [0.2, 0.25) is 0 Å². The van der Waals surface area contributed by atoms with Crippen molar-refractivity contribution in [1.82, 2.24) is 10.6 Å². The smallest absolute Gasteiger partial charge is 0.233 e. The number of amides is 1. The molecule has 0 aromatic heterocycles. The van der Waals surface area contributed by atoms with Gasteiger partial charge in [-0.05, 0) is 25.7 Å². The molecule has 0 fully saturated rings. The summed E-state index contributed by atoms with van der Waals surface area (Å²) in [5.74, 6) is 0.0342. The average molecular weight is 200 g/mol. The van der Waals surface area contributed by atoms with Gasteiger partial charge in [0.05, 0.1) is 6.54 Å². The third-order valence-corrected chi connectivity index (χ3v) is 1.98. The van der Waals surface area contributed by atoms with Crippen LogP contribution in [0.3, 0.4) is 0 Å². The molecule has 2 N–H and O–H groups in total. The molecule has 14 heavy (non-hydrogen) atoms. The first-order valence-electron chi connectivity index (χ1n) is 5.12. The predicted octanol–water partition coefficient (Wildman–Crippen LogP) is 1.54. The highest BCUT2D eigenvalue weighted by Crippen LogP contribution is 2.26. The normalized spacial score (nSPS) is 12.7. The van der Waals surface area contributed by atoms with Crippen LogP contribution in [0.15, 0.2) is 0 Å². The maximum atomic E-state index is 11.1. The zero-order valence-corrected chi connectivity index (χ0v) is 10.3. The summed E-state index contributed by atoms with van der Waals surface area (Å²) in [4.78, 5) is 11.1. The Morgan fingerprint density at radius 2 is 1.64 bits per heavy atom. The number of hydrogen-bond acceptors (Lipinski definition) is 2. The Morgan fingerprint density at radius 3 is 2.00 bits per heavy atom. The highest BCUT2D eigenvalue weighted by atomic mass is 16.1. The van der Waals surface area contributed by atoms with Gasteiger partial charge >= 0.3 is 0 Å². The third-order valence-electron chi connectivity index (χ3n) is 1.98. The van der Waals surface area contributed by atoms with Gasteiger partial charge in [-0.15, -0.1) is 0 Å². The standard InChI is InChI=1S/C11H24N2O/c1-10(2,3)8-11(4,5)13-7-9(14)12-6/h13H,7-8H2,1-6H3,(H,12,14). The first-order chi connectivity index (χ1) is 6.16. The number of hydrogen-bond donors (Lipinski definition) is 2. The summed E-state index contributed by atoms with van der Waals surface area (Å²) in [5.41, 5.74) is 0.282. The number of likely N-dealkylation sites (N-methyl/N-ethyl adjacent to an activating group) is 1. The van der Waals surface area contributed by atoms with Gasteiger partial charge in [0.2, 0.25) is 5.91 Å². The molecule has 84 valence electrons. The van der Waals surface area contributed by atoms with E-state index < -0.39 is 0 Å². The van der Waals surface area contributed by atoms with Crippen LogP contribution in [0.5, 0.6) is 0 Å². The van der Waals surface area contributed by atoms with E-state index in [1.54, 1.807) is 7.05 Å². The SMILES string of the molecule is CNC(=O)CNC(C)(C)CC(C)(C)C. The molecule has 0 aromatic carbocycles. The van der Waals surface area contributed by atoms with Crippen molar-refractivity contribution in [1.29, 1.82) is 0 Å². The van der Waals surface area contributed by atoms with Crippen molar-refractivity contribution in [3.8, 4) is 0 Å². The van der Waals surface area contributed by atoms with Gasteiger partial charge in [0.25, 0.3) is 0 Å². The molecule has 0 aromatic rings. The van der Waals surface area contributed by atoms with Crippen molar-refractivity contribution in [2.75, 3.05) is 13.6 Å². The summed E-state index contributed by atoms with van der Waals surface area (Å²) in [6, 6.07) is 0. The maximum absolute atomic E-state index is 11.1. The summed E-state index contributed by atoms with van der Waals surface area (Å²) in [6.45, 7) is 11.3. The lowest BCUT2D eigenvalue weighted by Crippen LogP contribution is -2.46. The summed E-state index contributed by atoms with van der Waals surface area (Å²) in [7, 11) is 1.65. The first kappa shape index (κ1) is 13.4. The summed E-state index contributed by atoms with van der Waals surface area (Å²) in [5, 5.41) is 5.85. The van der Waals surface area contributed by atoms with Gasteiger partial charge in [0, 0.05) is 12.6 Å². The van der Waals surface area contributed by atoms with Crippen LogP contribution in [0, 0.1) is 5.41 Å². The van der Waals surface area contributed by atoms with Crippen molar-refractivity contribution in [3.05, 3.63) is 0 Å².